The fraction of sp³-hybridized carbons (Fsp3) is 0.211. The monoisotopic (exact) mass is 372 g/mol. The van der Waals surface area contributed by atoms with Crippen LogP contribution in [0.3, 0.4) is 0 Å². The Hall–Kier alpha value is -2.64. The third-order valence-electron chi connectivity index (χ3n) is 4.11. The van der Waals surface area contributed by atoms with Gasteiger partial charge in [-0.05, 0) is 30.7 Å². The number of H-pyrrole nitrogens is 1. The first-order valence-electron chi connectivity index (χ1n) is 8.06. The minimum absolute atomic E-state index is 0.0502. The summed E-state index contributed by atoms with van der Waals surface area (Å²) in [5.74, 6) is -0.0614. The second kappa shape index (κ2) is 6.93. The number of ether oxygens (including phenoxy) is 1. The molecule has 0 atom stereocenters. The second-order valence-corrected chi connectivity index (χ2v) is 8.32. The lowest BCUT2D eigenvalue weighted by atomic mass is 10.1. The minimum Gasteiger partial charge on any atom is -0.484 e. The zero-order valence-corrected chi connectivity index (χ0v) is 15.6. The van der Waals surface area contributed by atoms with Crippen LogP contribution in [-0.2, 0) is 10.0 Å². The fourth-order valence-corrected chi connectivity index (χ4v) is 3.77. The van der Waals surface area contributed by atoms with Crippen molar-refractivity contribution in [1.82, 2.24) is 9.29 Å². The molecule has 1 heterocycles. The van der Waals surface area contributed by atoms with Crippen LogP contribution in [0.2, 0.25) is 0 Å². The van der Waals surface area contributed by atoms with Crippen molar-refractivity contribution in [3.05, 3.63) is 59.8 Å². The first-order valence-corrected chi connectivity index (χ1v) is 9.50. The Balaban J connectivity index is 1.87. The number of rotatable bonds is 6. The predicted octanol–water partition coefficient (Wildman–Crippen LogP) is 2.99. The Morgan fingerprint density at radius 1 is 1.15 bits per heavy atom. The number of nitrogens with zero attached hydrogens (tertiary/aromatic N) is 1. The SMILES string of the molecule is Cc1ccc(OCC(=O)c2c[nH]c3ccccc23)c(S(=O)(=O)N(C)C)c1. The molecule has 6 nitrogen and oxygen atoms in total. The topological polar surface area (TPSA) is 79.5 Å². The van der Waals surface area contributed by atoms with E-state index >= 15 is 0 Å². The first-order chi connectivity index (χ1) is 12.3. The lowest BCUT2D eigenvalue weighted by Gasteiger charge is -2.16. The van der Waals surface area contributed by atoms with E-state index in [2.05, 4.69) is 4.98 Å². The number of aromatic amines is 1. The molecule has 26 heavy (non-hydrogen) atoms. The molecule has 3 aromatic rings. The van der Waals surface area contributed by atoms with Gasteiger partial charge in [0, 0.05) is 36.8 Å². The van der Waals surface area contributed by atoms with E-state index in [0.29, 0.717) is 5.56 Å². The summed E-state index contributed by atoms with van der Waals surface area (Å²) in [5, 5.41) is 0.811. The average molecular weight is 372 g/mol. The molecule has 0 spiro atoms. The summed E-state index contributed by atoms with van der Waals surface area (Å²) in [5.41, 5.74) is 2.17. The number of para-hydroxylation sites is 1. The van der Waals surface area contributed by atoms with Crippen LogP contribution in [-0.4, -0.2) is 44.2 Å². The molecular formula is C19H20N2O4S. The highest BCUT2D eigenvalue weighted by Gasteiger charge is 2.23. The number of fused-ring (bicyclic) bond motifs is 1. The fourth-order valence-electron chi connectivity index (χ4n) is 2.66. The number of aryl methyl sites for hydroxylation is 1. The summed E-state index contributed by atoms with van der Waals surface area (Å²) >= 11 is 0. The Kier molecular flexibility index (Phi) is 4.84. The Morgan fingerprint density at radius 3 is 2.62 bits per heavy atom. The van der Waals surface area contributed by atoms with Gasteiger partial charge in [-0.1, -0.05) is 24.3 Å². The third-order valence-corrected chi connectivity index (χ3v) is 5.94. The average Bonchev–Trinajstić information content (AvgIpc) is 3.04. The predicted molar refractivity (Wildman–Crippen MR) is 100 cm³/mol. The summed E-state index contributed by atoms with van der Waals surface area (Å²) in [6.45, 7) is 1.55. The molecule has 0 aliphatic rings. The number of hydrogen-bond acceptors (Lipinski definition) is 4. The number of nitrogens with one attached hydrogen (secondary N) is 1. The van der Waals surface area contributed by atoms with Gasteiger partial charge in [0.1, 0.15) is 10.6 Å². The van der Waals surface area contributed by atoms with E-state index in [1.54, 1.807) is 31.3 Å². The molecule has 0 saturated carbocycles. The number of carbonyl (C=O) groups is 1. The normalized spacial score (nSPS) is 11.8. The van der Waals surface area contributed by atoms with Crippen molar-refractivity contribution in [2.45, 2.75) is 11.8 Å². The molecule has 0 aliphatic heterocycles. The number of sulfonamides is 1. The molecule has 1 aromatic heterocycles. The van der Waals surface area contributed by atoms with Gasteiger partial charge < -0.3 is 9.72 Å². The maximum absolute atomic E-state index is 12.6. The van der Waals surface area contributed by atoms with Gasteiger partial charge in [-0.2, -0.15) is 0 Å². The van der Waals surface area contributed by atoms with E-state index in [4.69, 9.17) is 4.74 Å². The van der Waals surface area contributed by atoms with Crippen molar-refractivity contribution in [1.29, 1.82) is 0 Å². The van der Waals surface area contributed by atoms with Crippen LogP contribution in [0, 0.1) is 6.92 Å². The largest absolute Gasteiger partial charge is 0.484 e. The van der Waals surface area contributed by atoms with E-state index in [1.165, 1.54) is 14.1 Å². The summed E-state index contributed by atoms with van der Waals surface area (Å²) in [7, 11) is -0.762. The minimum atomic E-state index is -3.68. The maximum atomic E-state index is 12.6. The van der Waals surface area contributed by atoms with Gasteiger partial charge in [-0.15, -0.1) is 0 Å². The molecule has 3 rings (SSSR count). The highest BCUT2D eigenvalue weighted by molar-refractivity contribution is 7.89. The summed E-state index contributed by atoms with van der Waals surface area (Å²) in [4.78, 5) is 15.6. The molecule has 136 valence electrons. The molecule has 2 aromatic carbocycles. The molecule has 0 radical (unpaired) electrons. The van der Waals surface area contributed by atoms with E-state index in [9.17, 15) is 13.2 Å². The van der Waals surface area contributed by atoms with E-state index in [-0.39, 0.29) is 23.0 Å². The van der Waals surface area contributed by atoms with E-state index < -0.39 is 10.0 Å². The number of carbonyl (C=O) groups excluding carboxylic acids is 1. The Bertz CT molecular complexity index is 1070. The van der Waals surface area contributed by atoms with Gasteiger partial charge in [-0.25, -0.2) is 12.7 Å². The lowest BCUT2D eigenvalue weighted by molar-refractivity contribution is 0.0921. The van der Waals surface area contributed by atoms with E-state index in [1.807, 2.05) is 24.3 Å². The van der Waals surface area contributed by atoms with Crippen molar-refractivity contribution >= 4 is 26.7 Å². The van der Waals surface area contributed by atoms with Crippen molar-refractivity contribution in [2.24, 2.45) is 0 Å². The maximum Gasteiger partial charge on any atom is 0.246 e. The van der Waals surface area contributed by atoms with Gasteiger partial charge in [0.25, 0.3) is 0 Å². The van der Waals surface area contributed by atoms with Gasteiger partial charge in [0.2, 0.25) is 15.8 Å². The van der Waals surface area contributed by atoms with Gasteiger partial charge in [-0.3, -0.25) is 4.79 Å². The number of aromatic nitrogens is 1. The van der Waals surface area contributed by atoms with Gasteiger partial charge >= 0.3 is 0 Å². The summed E-state index contributed by atoms with van der Waals surface area (Å²) < 4.78 is 31.7. The smallest absolute Gasteiger partial charge is 0.246 e. The van der Waals surface area contributed by atoms with Crippen molar-refractivity contribution in [3.8, 4) is 5.75 Å². The Morgan fingerprint density at radius 2 is 1.88 bits per heavy atom. The van der Waals surface area contributed by atoms with Crippen LogP contribution in [0.4, 0.5) is 0 Å². The number of Topliss-reactive ketones (excluding diaryl/α,β-unsaturated/α-hetero) is 1. The molecule has 0 fully saturated rings. The lowest BCUT2D eigenvalue weighted by Crippen LogP contribution is -2.23. The van der Waals surface area contributed by atoms with Crippen LogP contribution in [0.1, 0.15) is 15.9 Å². The van der Waals surface area contributed by atoms with Crippen LogP contribution in [0.5, 0.6) is 5.75 Å². The third kappa shape index (κ3) is 3.36. The second-order valence-electron chi connectivity index (χ2n) is 6.20. The molecule has 7 heteroatoms. The van der Waals surface area contributed by atoms with Gasteiger partial charge in [0.15, 0.2) is 6.61 Å². The molecule has 0 saturated heterocycles. The highest BCUT2D eigenvalue weighted by Crippen LogP contribution is 2.27. The van der Waals surface area contributed by atoms with E-state index in [0.717, 1.165) is 20.8 Å². The van der Waals surface area contributed by atoms with Crippen molar-refractivity contribution in [3.63, 3.8) is 0 Å². The quantitative estimate of drug-likeness (QED) is 0.675. The molecular weight excluding hydrogens is 352 g/mol. The molecule has 0 bridgehead atoms. The summed E-state index contributed by atoms with van der Waals surface area (Å²) in [6.07, 6.45) is 1.64. The number of hydrogen-bond donors (Lipinski definition) is 1. The number of benzene rings is 2. The zero-order valence-electron chi connectivity index (χ0n) is 14.8. The first kappa shape index (κ1) is 18.2. The van der Waals surface area contributed by atoms with Crippen LogP contribution < -0.4 is 4.74 Å². The van der Waals surface area contributed by atoms with Crippen LogP contribution in [0.15, 0.2) is 53.6 Å². The highest BCUT2D eigenvalue weighted by atomic mass is 32.2. The standard InChI is InChI=1S/C19H20N2O4S/c1-13-8-9-18(19(10-13)26(23,24)21(2)3)25-12-17(22)15-11-20-16-7-5-4-6-14(15)16/h4-11,20H,12H2,1-3H3. The van der Waals surface area contributed by atoms with Crippen LogP contribution in [0.25, 0.3) is 10.9 Å². The molecule has 1 N–H and O–H groups in total. The van der Waals surface area contributed by atoms with Crippen LogP contribution >= 0.6 is 0 Å². The molecule has 0 unspecified atom stereocenters. The van der Waals surface area contributed by atoms with Crippen molar-refractivity contribution in [2.75, 3.05) is 20.7 Å². The Labute approximate surface area is 152 Å². The number of ketones is 1. The van der Waals surface area contributed by atoms with Gasteiger partial charge in [0.05, 0.1) is 0 Å². The zero-order chi connectivity index (χ0) is 18.9. The molecule has 0 amide bonds. The van der Waals surface area contributed by atoms with Crippen molar-refractivity contribution < 1.29 is 17.9 Å². The summed E-state index contributed by atoms with van der Waals surface area (Å²) in [6, 6.07) is 12.3. The molecule has 0 aliphatic carbocycles.